The topological polar surface area (TPSA) is 101 Å². The Balaban J connectivity index is 1.76. The number of phosphoric acid groups is 1. The highest BCUT2D eigenvalue weighted by Crippen LogP contribution is 2.37. The first-order valence-corrected chi connectivity index (χ1v) is 13.6. The third kappa shape index (κ3) is 12.2. The average molecular weight is 479 g/mol. The third-order valence-corrected chi connectivity index (χ3v) is 5.97. The molecule has 0 radical (unpaired) electrons. The number of nitrogens with one attached hydrogen (secondary N) is 1. The summed E-state index contributed by atoms with van der Waals surface area (Å²) in [5.41, 5.74) is 1.99. The van der Waals surface area contributed by atoms with Crippen LogP contribution in [0.15, 0.2) is 42.6 Å². The Morgan fingerprint density at radius 2 is 1.64 bits per heavy atom. The molecule has 3 N–H and O–H groups in total. The summed E-state index contributed by atoms with van der Waals surface area (Å²) >= 11 is 0. The molecule has 8 heteroatoms. The molecule has 1 atom stereocenters. The summed E-state index contributed by atoms with van der Waals surface area (Å²) in [5, 5.41) is 3.05. The summed E-state index contributed by atoms with van der Waals surface area (Å²) in [5.74, 6) is 1.46. The predicted molar refractivity (Wildman–Crippen MR) is 133 cm³/mol. The molecular weight excluding hydrogens is 439 g/mol. The van der Waals surface area contributed by atoms with E-state index in [0.717, 1.165) is 29.9 Å². The second-order valence-electron chi connectivity index (χ2n) is 8.42. The Morgan fingerprint density at radius 3 is 2.33 bits per heavy atom. The lowest BCUT2D eigenvalue weighted by Gasteiger charge is -2.15. The van der Waals surface area contributed by atoms with Crippen LogP contribution in [0.1, 0.15) is 71.6 Å². The number of ether oxygens (including phenoxy) is 1. The first kappa shape index (κ1) is 27.3. The number of benzene rings is 1. The lowest BCUT2D eigenvalue weighted by atomic mass is 10.1. The maximum atomic E-state index is 10.9. The number of rotatable bonds is 17. The Kier molecular flexibility index (Phi) is 12.5. The van der Waals surface area contributed by atoms with Crippen molar-refractivity contribution in [3.05, 3.63) is 42.6 Å². The van der Waals surface area contributed by atoms with Crippen molar-refractivity contribution in [2.45, 2.75) is 77.7 Å². The molecule has 7 nitrogen and oxygen atoms in total. The Hall–Kier alpha value is -1.92. The van der Waals surface area contributed by atoms with Crippen molar-refractivity contribution in [1.82, 2.24) is 4.98 Å². The molecule has 2 rings (SSSR count). The van der Waals surface area contributed by atoms with Crippen LogP contribution in [-0.4, -0.2) is 34.0 Å². The van der Waals surface area contributed by atoms with Crippen LogP contribution in [0.2, 0.25) is 0 Å². The van der Waals surface area contributed by atoms with Gasteiger partial charge >= 0.3 is 7.82 Å². The van der Waals surface area contributed by atoms with E-state index >= 15 is 0 Å². The van der Waals surface area contributed by atoms with E-state index in [0.29, 0.717) is 5.82 Å². The van der Waals surface area contributed by atoms with E-state index < -0.39 is 13.9 Å². The fourth-order valence-electron chi connectivity index (χ4n) is 3.59. The minimum Gasteiger partial charge on any atom is -0.494 e. The molecule has 0 saturated carbocycles. The van der Waals surface area contributed by atoms with Gasteiger partial charge in [0.2, 0.25) is 0 Å². The smallest absolute Gasteiger partial charge is 0.469 e. The minimum atomic E-state index is -4.50. The number of hydrogen-bond acceptors (Lipinski definition) is 5. The van der Waals surface area contributed by atoms with Gasteiger partial charge < -0.3 is 19.8 Å². The van der Waals surface area contributed by atoms with Crippen molar-refractivity contribution in [1.29, 1.82) is 0 Å². The molecule has 1 aromatic carbocycles. The standard InChI is InChI=1S/C25H39N2O5P/c1-3-4-5-6-7-8-9-10-11-17-31-24-14-12-13-22(18-24)23-15-16-26-25(19-23)27-20-21(2)32-33(28,29)30/h12-16,18-19,21H,3-11,17,20H2,1-2H3,(H,26,27)(H2,28,29,30). The third-order valence-electron chi connectivity index (χ3n) is 5.33. The summed E-state index contributed by atoms with van der Waals surface area (Å²) in [6, 6.07) is 11.8. The van der Waals surface area contributed by atoms with Gasteiger partial charge in [0.15, 0.2) is 0 Å². The maximum absolute atomic E-state index is 10.9. The molecule has 0 saturated heterocycles. The van der Waals surface area contributed by atoms with Crippen LogP contribution in [0.25, 0.3) is 11.1 Å². The predicted octanol–water partition coefficient (Wildman–Crippen LogP) is 6.57. The molecule has 0 aliphatic rings. The quantitative estimate of drug-likeness (QED) is 0.175. The van der Waals surface area contributed by atoms with Gasteiger partial charge in [0.05, 0.1) is 12.7 Å². The monoisotopic (exact) mass is 478 g/mol. The number of aromatic nitrogens is 1. The van der Waals surface area contributed by atoms with Crippen LogP contribution in [-0.2, 0) is 9.09 Å². The van der Waals surface area contributed by atoms with Crippen molar-refractivity contribution in [3.8, 4) is 16.9 Å². The van der Waals surface area contributed by atoms with Crippen LogP contribution in [0.3, 0.4) is 0 Å². The van der Waals surface area contributed by atoms with Crippen molar-refractivity contribution < 1.29 is 23.6 Å². The summed E-state index contributed by atoms with van der Waals surface area (Å²) < 4.78 is 21.5. The van der Waals surface area contributed by atoms with Crippen LogP contribution in [0.5, 0.6) is 5.75 Å². The normalized spacial score (nSPS) is 12.5. The van der Waals surface area contributed by atoms with Crippen LogP contribution in [0, 0.1) is 0 Å². The molecular formula is C25H39N2O5P. The van der Waals surface area contributed by atoms with Crippen molar-refractivity contribution in [2.24, 2.45) is 0 Å². The molecule has 0 spiro atoms. The summed E-state index contributed by atoms with van der Waals surface area (Å²) in [6.07, 6.45) is 12.7. The molecule has 1 aromatic heterocycles. The summed E-state index contributed by atoms with van der Waals surface area (Å²) in [7, 11) is -4.50. The van der Waals surface area contributed by atoms with Crippen LogP contribution in [0.4, 0.5) is 5.82 Å². The molecule has 0 fully saturated rings. The SMILES string of the molecule is CCCCCCCCCCCOc1cccc(-c2ccnc(NCC(C)OP(=O)(O)O)c2)c1. The number of unbranched alkanes of at least 4 members (excludes halogenated alkanes) is 8. The van der Waals surface area contributed by atoms with Gasteiger partial charge in [0.25, 0.3) is 0 Å². The van der Waals surface area contributed by atoms with Gasteiger partial charge in [-0.25, -0.2) is 9.55 Å². The van der Waals surface area contributed by atoms with E-state index in [1.54, 1.807) is 13.1 Å². The Bertz CT molecular complexity index is 858. The molecule has 1 unspecified atom stereocenters. The molecule has 0 aliphatic heterocycles. The zero-order valence-electron chi connectivity index (χ0n) is 19.9. The zero-order chi connectivity index (χ0) is 23.9. The van der Waals surface area contributed by atoms with Gasteiger partial charge in [-0.2, -0.15) is 0 Å². The fraction of sp³-hybridized carbons (Fsp3) is 0.560. The van der Waals surface area contributed by atoms with E-state index in [1.165, 1.54) is 51.4 Å². The number of anilines is 1. The lowest BCUT2D eigenvalue weighted by molar-refractivity contribution is 0.152. The Labute approximate surface area is 198 Å². The highest BCUT2D eigenvalue weighted by molar-refractivity contribution is 7.46. The largest absolute Gasteiger partial charge is 0.494 e. The number of hydrogen-bond donors (Lipinski definition) is 3. The molecule has 1 heterocycles. The lowest BCUT2D eigenvalue weighted by Crippen LogP contribution is -2.19. The van der Waals surface area contributed by atoms with E-state index in [2.05, 4.69) is 21.7 Å². The van der Waals surface area contributed by atoms with E-state index in [9.17, 15) is 4.57 Å². The van der Waals surface area contributed by atoms with Gasteiger partial charge in [0, 0.05) is 12.7 Å². The Morgan fingerprint density at radius 1 is 0.970 bits per heavy atom. The second kappa shape index (κ2) is 15.1. The van der Waals surface area contributed by atoms with Gasteiger partial charge in [-0.1, -0.05) is 70.4 Å². The average Bonchev–Trinajstić information content (AvgIpc) is 2.78. The molecule has 0 bridgehead atoms. The van der Waals surface area contributed by atoms with Gasteiger partial charge in [-0.15, -0.1) is 0 Å². The first-order chi connectivity index (χ1) is 15.9. The van der Waals surface area contributed by atoms with E-state index in [4.69, 9.17) is 14.5 Å². The minimum absolute atomic E-state index is 0.226. The van der Waals surface area contributed by atoms with E-state index in [1.807, 2.05) is 36.4 Å². The van der Waals surface area contributed by atoms with Crippen LogP contribution < -0.4 is 10.1 Å². The zero-order valence-corrected chi connectivity index (χ0v) is 20.8. The summed E-state index contributed by atoms with van der Waals surface area (Å²) in [4.78, 5) is 22.0. The van der Waals surface area contributed by atoms with Crippen molar-refractivity contribution in [2.75, 3.05) is 18.5 Å². The van der Waals surface area contributed by atoms with Gasteiger partial charge in [-0.3, -0.25) is 4.52 Å². The van der Waals surface area contributed by atoms with Crippen molar-refractivity contribution in [3.63, 3.8) is 0 Å². The molecule has 0 aliphatic carbocycles. The molecule has 33 heavy (non-hydrogen) atoms. The van der Waals surface area contributed by atoms with Crippen LogP contribution >= 0.6 is 7.82 Å². The number of nitrogens with zero attached hydrogens (tertiary/aromatic N) is 1. The molecule has 184 valence electrons. The highest BCUT2D eigenvalue weighted by Gasteiger charge is 2.18. The van der Waals surface area contributed by atoms with Crippen molar-refractivity contribution >= 4 is 13.6 Å². The summed E-state index contributed by atoms with van der Waals surface area (Å²) in [6.45, 7) is 4.79. The maximum Gasteiger partial charge on any atom is 0.469 e. The number of pyridine rings is 1. The fourth-order valence-corrected chi connectivity index (χ4v) is 4.14. The van der Waals surface area contributed by atoms with Gasteiger partial charge in [-0.05, 0) is 48.7 Å². The molecule has 2 aromatic rings. The number of phosphoric ester groups is 1. The highest BCUT2D eigenvalue weighted by atomic mass is 31.2. The van der Waals surface area contributed by atoms with E-state index in [-0.39, 0.29) is 6.54 Å². The first-order valence-electron chi connectivity index (χ1n) is 12.0. The van der Waals surface area contributed by atoms with Gasteiger partial charge in [0.1, 0.15) is 11.6 Å². The molecule has 0 amide bonds. The second-order valence-corrected chi connectivity index (χ2v) is 9.61.